The van der Waals surface area contributed by atoms with E-state index in [-0.39, 0.29) is 0 Å². The molecule has 1 saturated heterocycles. The predicted octanol–water partition coefficient (Wildman–Crippen LogP) is 2.71. The van der Waals surface area contributed by atoms with Gasteiger partial charge in [0.2, 0.25) is 0 Å². The van der Waals surface area contributed by atoms with Crippen LogP contribution in [0.3, 0.4) is 0 Å². The zero-order valence-electron chi connectivity index (χ0n) is 11.2. The van der Waals surface area contributed by atoms with Crippen molar-refractivity contribution in [2.24, 2.45) is 0 Å². The van der Waals surface area contributed by atoms with Gasteiger partial charge in [0, 0.05) is 38.6 Å². The zero-order chi connectivity index (χ0) is 12.1. The summed E-state index contributed by atoms with van der Waals surface area (Å²) in [6.07, 6.45) is 9.16. The standard InChI is InChI=1S/C14H27N3/c1-2-6-14(15)17-11-9-16(10-12-17)13-7-4-3-5-8-13/h13,15H,2-12H2,1H3. The highest BCUT2D eigenvalue weighted by molar-refractivity contribution is 5.79. The molecule has 0 aromatic carbocycles. The Balaban J connectivity index is 1.75. The Morgan fingerprint density at radius 1 is 1.06 bits per heavy atom. The molecule has 1 aliphatic heterocycles. The summed E-state index contributed by atoms with van der Waals surface area (Å²) < 4.78 is 0. The molecule has 98 valence electrons. The van der Waals surface area contributed by atoms with Crippen LogP contribution >= 0.6 is 0 Å². The van der Waals surface area contributed by atoms with Gasteiger partial charge in [-0.1, -0.05) is 26.2 Å². The first-order valence-corrected chi connectivity index (χ1v) is 7.37. The average Bonchev–Trinajstić information content (AvgIpc) is 2.40. The van der Waals surface area contributed by atoms with E-state index in [9.17, 15) is 0 Å². The van der Waals surface area contributed by atoms with E-state index in [2.05, 4.69) is 16.7 Å². The molecule has 1 aliphatic carbocycles. The Labute approximate surface area is 106 Å². The Bertz CT molecular complexity index is 238. The molecule has 1 N–H and O–H groups in total. The number of hydrogen-bond donors (Lipinski definition) is 1. The van der Waals surface area contributed by atoms with Gasteiger partial charge in [0.15, 0.2) is 0 Å². The molecule has 3 heteroatoms. The van der Waals surface area contributed by atoms with Crippen LogP contribution in [-0.4, -0.2) is 47.9 Å². The summed E-state index contributed by atoms with van der Waals surface area (Å²) in [5, 5.41) is 8.00. The molecule has 2 aliphatic rings. The molecule has 1 saturated carbocycles. The first kappa shape index (κ1) is 12.9. The van der Waals surface area contributed by atoms with Crippen molar-refractivity contribution in [3.63, 3.8) is 0 Å². The first-order valence-electron chi connectivity index (χ1n) is 7.37. The van der Waals surface area contributed by atoms with Crippen LogP contribution in [0.2, 0.25) is 0 Å². The van der Waals surface area contributed by atoms with Gasteiger partial charge in [0.1, 0.15) is 0 Å². The lowest BCUT2D eigenvalue weighted by molar-refractivity contribution is 0.106. The summed E-state index contributed by atoms with van der Waals surface area (Å²) in [5.74, 6) is 0.857. The lowest BCUT2D eigenvalue weighted by Crippen LogP contribution is -2.52. The van der Waals surface area contributed by atoms with Gasteiger partial charge in [-0.15, -0.1) is 0 Å². The number of rotatable bonds is 3. The SMILES string of the molecule is CCCC(=N)N1CCN(C2CCCCC2)CC1. The molecule has 0 amide bonds. The topological polar surface area (TPSA) is 30.3 Å². The summed E-state index contributed by atoms with van der Waals surface area (Å²) >= 11 is 0. The van der Waals surface area contributed by atoms with Crippen LogP contribution in [0.4, 0.5) is 0 Å². The Morgan fingerprint density at radius 2 is 1.71 bits per heavy atom. The number of amidine groups is 1. The van der Waals surface area contributed by atoms with Gasteiger partial charge in [-0.3, -0.25) is 10.3 Å². The molecule has 3 nitrogen and oxygen atoms in total. The van der Waals surface area contributed by atoms with Crippen molar-refractivity contribution in [1.82, 2.24) is 9.80 Å². The summed E-state index contributed by atoms with van der Waals surface area (Å²) in [6.45, 7) is 6.67. The second-order valence-corrected chi connectivity index (χ2v) is 5.51. The molecule has 2 rings (SSSR count). The van der Waals surface area contributed by atoms with Gasteiger partial charge in [0.05, 0.1) is 5.84 Å². The second-order valence-electron chi connectivity index (χ2n) is 5.51. The smallest absolute Gasteiger partial charge is 0.0958 e. The van der Waals surface area contributed by atoms with E-state index >= 15 is 0 Å². The molecular formula is C14H27N3. The Kier molecular flexibility index (Phi) is 4.84. The molecule has 0 atom stereocenters. The fraction of sp³-hybridized carbons (Fsp3) is 0.929. The fourth-order valence-corrected chi connectivity index (χ4v) is 3.20. The lowest BCUT2D eigenvalue weighted by Gasteiger charge is -2.41. The minimum absolute atomic E-state index is 0.853. The second kappa shape index (κ2) is 6.39. The quantitative estimate of drug-likeness (QED) is 0.604. The van der Waals surface area contributed by atoms with Crippen LogP contribution in [-0.2, 0) is 0 Å². The number of hydrogen-bond acceptors (Lipinski definition) is 2. The minimum atomic E-state index is 0.853. The van der Waals surface area contributed by atoms with Crippen LogP contribution in [0.25, 0.3) is 0 Å². The monoisotopic (exact) mass is 237 g/mol. The highest BCUT2D eigenvalue weighted by Gasteiger charge is 2.25. The van der Waals surface area contributed by atoms with Crippen molar-refractivity contribution in [2.75, 3.05) is 26.2 Å². The maximum atomic E-state index is 8.00. The van der Waals surface area contributed by atoms with Crippen LogP contribution in [0.15, 0.2) is 0 Å². The number of piperazine rings is 1. The van der Waals surface area contributed by atoms with Gasteiger partial charge in [-0.2, -0.15) is 0 Å². The van der Waals surface area contributed by atoms with Crippen molar-refractivity contribution < 1.29 is 0 Å². The Morgan fingerprint density at radius 3 is 2.29 bits per heavy atom. The maximum Gasteiger partial charge on any atom is 0.0958 e. The van der Waals surface area contributed by atoms with Crippen LogP contribution in [0.5, 0.6) is 0 Å². The molecule has 0 bridgehead atoms. The summed E-state index contributed by atoms with van der Waals surface area (Å²) in [5.41, 5.74) is 0. The number of nitrogens with one attached hydrogen (secondary N) is 1. The third-order valence-corrected chi connectivity index (χ3v) is 4.27. The van der Waals surface area contributed by atoms with E-state index in [0.717, 1.165) is 37.8 Å². The van der Waals surface area contributed by atoms with Crippen LogP contribution in [0.1, 0.15) is 51.9 Å². The van der Waals surface area contributed by atoms with E-state index in [1.54, 1.807) is 0 Å². The normalized spacial score (nSPS) is 23.9. The van der Waals surface area contributed by atoms with Gasteiger partial charge >= 0.3 is 0 Å². The van der Waals surface area contributed by atoms with Gasteiger partial charge in [0.25, 0.3) is 0 Å². The van der Waals surface area contributed by atoms with Crippen molar-refractivity contribution in [2.45, 2.75) is 57.9 Å². The van der Waals surface area contributed by atoms with Gasteiger partial charge in [-0.05, 0) is 19.3 Å². The van der Waals surface area contributed by atoms with Gasteiger partial charge < -0.3 is 4.90 Å². The van der Waals surface area contributed by atoms with E-state index < -0.39 is 0 Å². The molecule has 0 aromatic rings. The van der Waals surface area contributed by atoms with Crippen molar-refractivity contribution in [3.05, 3.63) is 0 Å². The third-order valence-electron chi connectivity index (χ3n) is 4.27. The van der Waals surface area contributed by atoms with E-state index in [1.165, 1.54) is 45.2 Å². The van der Waals surface area contributed by atoms with Crippen LogP contribution < -0.4 is 0 Å². The highest BCUT2D eigenvalue weighted by Crippen LogP contribution is 2.23. The fourth-order valence-electron chi connectivity index (χ4n) is 3.20. The molecule has 0 spiro atoms. The molecule has 0 aromatic heterocycles. The zero-order valence-corrected chi connectivity index (χ0v) is 11.2. The van der Waals surface area contributed by atoms with E-state index in [1.807, 2.05) is 0 Å². The van der Waals surface area contributed by atoms with Crippen LogP contribution in [0, 0.1) is 5.41 Å². The van der Waals surface area contributed by atoms with E-state index in [0.29, 0.717) is 0 Å². The van der Waals surface area contributed by atoms with Gasteiger partial charge in [-0.25, -0.2) is 0 Å². The Hall–Kier alpha value is -0.570. The van der Waals surface area contributed by atoms with Crippen molar-refractivity contribution in [1.29, 1.82) is 5.41 Å². The summed E-state index contributed by atoms with van der Waals surface area (Å²) in [4.78, 5) is 4.96. The molecule has 2 fully saturated rings. The largest absolute Gasteiger partial charge is 0.358 e. The molecule has 17 heavy (non-hydrogen) atoms. The van der Waals surface area contributed by atoms with Crippen molar-refractivity contribution >= 4 is 5.84 Å². The average molecular weight is 237 g/mol. The molecule has 0 unspecified atom stereocenters. The summed E-state index contributed by atoms with van der Waals surface area (Å²) in [6, 6.07) is 0.853. The summed E-state index contributed by atoms with van der Waals surface area (Å²) in [7, 11) is 0. The molecule has 0 radical (unpaired) electrons. The third kappa shape index (κ3) is 3.44. The maximum absolute atomic E-state index is 8.00. The minimum Gasteiger partial charge on any atom is -0.358 e. The predicted molar refractivity (Wildman–Crippen MR) is 72.7 cm³/mol. The van der Waals surface area contributed by atoms with E-state index in [4.69, 9.17) is 5.41 Å². The lowest BCUT2D eigenvalue weighted by atomic mass is 9.94. The number of nitrogens with zero attached hydrogens (tertiary/aromatic N) is 2. The highest BCUT2D eigenvalue weighted by atomic mass is 15.3. The molecular weight excluding hydrogens is 210 g/mol. The van der Waals surface area contributed by atoms with Crippen molar-refractivity contribution in [3.8, 4) is 0 Å². The first-order chi connectivity index (χ1) is 8.31. The molecule has 1 heterocycles.